The van der Waals surface area contributed by atoms with Crippen molar-refractivity contribution in [2.45, 2.75) is 45.1 Å². The average molecular weight is 599 g/mol. The van der Waals surface area contributed by atoms with E-state index in [0.717, 1.165) is 41.3 Å². The first kappa shape index (κ1) is 31.3. The molecule has 0 saturated carbocycles. The zero-order valence-electron chi connectivity index (χ0n) is 25.8. The molecular formula is C35H42N4O5. The van der Waals surface area contributed by atoms with Gasteiger partial charge in [-0.1, -0.05) is 62.9 Å². The number of carbonyl (C=O) groups is 2. The summed E-state index contributed by atoms with van der Waals surface area (Å²) in [5.41, 5.74) is 3.74. The molecule has 0 aliphatic carbocycles. The fourth-order valence-corrected chi connectivity index (χ4v) is 5.29. The van der Waals surface area contributed by atoms with Crippen LogP contribution in [0.4, 0.5) is 21.9 Å². The lowest BCUT2D eigenvalue weighted by Crippen LogP contribution is -2.43. The Morgan fingerprint density at radius 1 is 0.932 bits per heavy atom. The standard InChI is InChI=1S/C35H42N4O5/c1-35(2,3)26-13-15-31(36-23-33(40)39-16-20-42-21-17-39)32(22-26)38-34(41)37-30-14-12-25(28-10-4-5-11-29(28)30)8-6-19-44-27-9-7-18-43-24-27/h4-5,10-15,22,27,36H,7,9,16-21,23-24H2,1-3H3,(H2,37,38,41). The minimum absolute atomic E-state index is 0.00664. The Morgan fingerprint density at radius 3 is 2.43 bits per heavy atom. The van der Waals surface area contributed by atoms with Crippen LogP contribution in [0.1, 0.15) is 44.7 Å². The molecule has 1 unspecified atom stereocenters. The smallest absolute Gasteiger partial charge is 0.323 e. The third-order valence-electron chi connectivity index (χ3n) is 7.83. The van der Waals surface area contributed by atoms with Crippen LogP contribution < -0.4 is 16.0 Å². The molecule has 2 saturated heterocycles. The van der Waals surface area contributed by atoms with Crippen molar-refractivity contribution < 1.29 is 23.8 Å². The third-order valence-corrected chi connectivity index (χ3v) is 7.83. The van der Waals surface area contributed by atoms with Gasteiger partial charge in [-0.15, -0.1) is 0 Å². The highest BCUT2D eigenvalue weighted by Gasteiger charge is 2.20. The normalized spacial score (nSPS) is 17.0. The molecule has 3 aromatic carbocycles. The summed E-state index contributed by atoms with van der Waals surface area (Å²) in [7, 11) is 0. The van der Waals surface area contributed by atoms with Gasteiger partial charge in [-0.05, 0) is 53.5 Å². The average Bonchev–Trinajstić information content (AvgIpc) is 3.03. The molecule has 2 aliphatic rings. The third kappa shape index (κ3) is 8.29. The van der Waals surface area contributed by atoms with Crippen LogP contribution in [0.15, 0.2) is 54.6 Å². The van der Waals surface area contributed by atoms with E-state index in [9.17, 15) is 9.59 Å². The molecule has 9 nitrogen and oxygen atoms in total. The molecule has 0 radical (unpaired) electrons. The van der Waals surface area contributed by atoms with E-state index < -0.39 is 0 Å². The molecule has 3 N–H and O–H groups in total. The van der Waals surface area contributed by atoms with Crippen LogP contribution in [0, 0.1) is 11.8 Å². The molecule has 2 heterocycles. The van der Waals surface area contributed by atoms with Gasteiger partial charge >= 0.3 is 6.03 Å². The van der Waals surface area contributed by atoms with Crippen molar-refractivity contribution in [1.82, 2.24) is 4.90 Å². The van der Waals surface area contributed by atoms with Crippen molar-refractivity contribution in [2.24, 2.45) is 0 Å². The number of ether oxygens (including phenoxy) is 3. The van der Waals surface area contributed by atoms with Crippen molar-refractivity contribution in [3.63, 3.8) is 0 Å². The van der Waals surface area contributed by atoms with Gasteiger partial charge in [0.25, 0.3) is 0 Å². The van der Waals surface area contributed by atoms with Crippen LogP contribution in [-0.4, -0.2) is 75.6 Å². The number of hydrogen-bond donors (Lipinski definition) is 3. The predicted molar refractivity (Wildman–Crippen MR) is 174 cm³/mol. The van der Waals surface area contributed by atoms with E-state index in [-0.39, 0.29) is 30.0 Å². The molecule has 2 fully saturated rings. The summed E-state index contributed by atoms with van der Waals surface area (Å²) in [5, 5.41) is 11.1. The maximum absolute atomic E-state index is 13.4. The number of carbonyl (C=O) groups excluding carboxylic acids is 2. The summed E-state index contributed by atoms with van der Waals surface area (Å²) in [6.45, 7) is 10.5. The van der Waals surface area contributed by atoms with Crippen molar-refractivity contribution >= 4 is 39.8 Å². The minimum atomic E-state index is -0.384. The molecule has 3 aromatic rings. The molecule has 0 aromatic heterocycles. The highest BCUT2D eigenvalue weighted by atomic mass is 16.5. The minimum Gasteiger partial charge on any atom is -0.379 e. The Bertz CT molecular complexity index is 1530. The highest BCUT2D eigenvalue weighted by Crippen LogP contribution is 2.31. The molecule has 44 heavy (non-hydrogen) atoms. The second-order valence-corrected chi connectivity index (χ2v) is 12.1. The topological polar surface area (TPSA) is 101 Å². The Hall–Kier alpha value is -4.10. The number of fused-ring (bicyclic) bond motifs is 1. The summed E-state index contributed by atoms with van der Waals surface area (Å²) in [5.74, 6) is 6.36. The molecule has 0 spiro atoms. The number of benzene rings is 3. The molecule has 2 aliphatic heterocycles. The Kier molecular flexibility index (Phi) is 10.4. The number of rotatable bonds is 7. The molecule has 0 bridgehead atoms. The van der Waals surface area contributed by atoms with Crippen LogP contribution in [-0.2, 0) is 24.4 Å². The first-order chi connectivity index (χ1) is 21.3. The molecule has 3 amide bonds. The van der Waals surface area contributed by atoms with Crippen molar-refractivity contribution in [2.75, 3.05) is 68.6 Å². The first-order valence-corrected chi connectivity index (χ1v) is 15.3. The van der Waals surface area contributed by atoms with Gasteiger partial charge in [-0.3, -0.25) is 4.79 Å². The molecule has 1 atom stereocenters. The number of hydrogen-bond acceptors (Lipinski definition) is 6. The van der Waals surface area contributed by atoms with Crippen LogP contribution in [0.25, 0.3) is 10.8 Å². The van der Waals surface area contributed by atoms with Gasteiger partial charge < -0.3 is 35.1 Å². The molecule has 232 valence electrons. The fourth-order valence-electron chi connectivity index (χ4n) is 5.29. The number of nitrogens with one attached hydrogen (secondary N) is 3. The maximum atomic E-state index is 13.4. The number of nitrogens with zero attached hydrogens (tertiary/aromatic N) is 1. The predicted octanol–water partition coefficient (Wildman–Crippen LogP) is 5.60. The van der Waals surface area contributed by atoms with Crippen molar-refractivity contribution in [3.05, 3.63) is 65.7 Å². The van der Waals surface area contributed by atoms with E-state index in [4.69, 9.17) is 14.2 Å². The van der Waals surface area contributed by atoms with Crippen molar-refractivity contribution in [3.8, 4) is 11.8 Å². The van der Waals surface area contributed by atoms with E-state index in [1.54, 1.807) is 4.90 Å². The molecule has 9 heteroatoms. The maximum Gasteiger partial charge on any atom is 0.323 e. The Labute approximate surface area is 259 Å². The van der Waals surface area contributed by atoms with E-state index >= 15 is 0 Å². The van der Waals surface area contributed by atoms with Gasteiger partial charge in [-0.2, -0.15) is 0 Å². The number of amides is 3. The lowest BCUT2D eigenvalue weighted by atomic mass is 9.86. The first-order valence-electron chi connectivity index (χ1n) is 15.3. The zero-order valence-corrected chi connectivity index (χ0v) is 25.8. The Balaban J connectivity index is 1.29. The lowest BCUT2D eigenvalue weighted by molar-refractivity contribution is -0.133. The van der Waals surface area contributed by atoms with Crippen LogP contribution >= 0.6 is 0 Å². The van der Waals surface area contributed by atoms with Crippen LogP contribution in [0.3, 0.4) is 0 Å². The summed E-state index contributed by atoms with van der Waals surface area (Å²) in [6, 6.07) is 17.2. The largest absolute Gasteiger partial charge is 0.379 e. The van der Waals surface area contributed by atoms with Gasteiger partial charge in [0, 0.05) is 30.6 Å². The van der Waals surface area contributed by atoms with Gasteiger partial charge in [0.1, 0.15) is 6.61 Å². The summed E-state index contributed by atoms with van der Waals surface area (Å²) >= 11 is 0. The second-order valence-electron chi connectivity index (χ2n) is 12.1. The van der Waals surface area contributed by atoms with Crippen LogP contribution in [0.5, 0.6) is 0 Å². The van der Waals surface area contributed by atoms with Gasteiger partial charge in [0.15, 0.2) is 0 Å². The number of morpholine rings is 1. The molecular weight excluding hydrogens is 556 g/mol. The fraction of sp³-hybridized carbons (Fsp3) is 0.429. The molecule has 5 rings (SSSR count). The van der Waals surface area contributed by atoms with Gasteiger partial charge in [0.05, 0.1) is 49.5 Å². The monoisotopic (exact) mass is 598 g/mol. The quantitative estimate of drug-likeness (QED) is 0.306. The van der Waals surface area contributed by atoms with E-state index in [0.29, 0.717) is 56.6 Å². The van der Waals surface area contributed by atoms with Gasteiger partial charge in [-0.25, -0.2) is 4.79 Å². The van der Waals surface area contributed by atoms with E-state index in [1.807, 2.05) is 54.6 Å². The highest BCUT2D eigenvalue weighted by molar-refractivity contribution is 6.08. The van der Waals surface area contributed by atoms with E-state index in [2.05, 4.69) is 48.6 Å². The van der Waals surface area contributed by atoms with E-state index in [1.165, 1.54) is 0 Å². The Morgan fingerprint density at radius 2 is 1.68 bits per heavy atom. The number of urea groups is 1. The van der Waals surface area contributed by atoms with Gasteiger partial charge in [0.2, 0.25) is 5.91 Å². The van der Waals surface area contributed by atoms with Crippen molar-refractivity contribution in [1.29, 1.82) is 0 Å². The summed E-state index contributed by atoms with van der Waals surface area (Å²) < 4.78 is 16.7. The SMILES string of the molecule is CC(C)(C)c1ccc(NCC(=O)N2CCOCC2)c(NC(=O)Nc2ccc(C#CCOC3CCCOC3)c3ccccc23)c1. The summed E-state index contributed by atoms with van der Waals surface area (Å²) in [4.78, 5) is 27.9. The second kappa shape index (κ2) is 14.6. The number of anilines is 3. The van der Waals surface area contributed by atoms with Crippen LogP contribution in [0.2, 0.25) is 0 Å². The summed E-state index contributed by atoms with van der Waals surface area (Å²) in [6.07, 6.45) is 2.11. The lowest BCUT2D eigenvalue weighted by Gasteiger charge is -2.27. The zero-order chi connectivity index (χ0) is 30.9.